The first-order valence-electron chi connectivity index (χ1n) is 5.74. The molecule has 1 aromatic heterocycles. The Morgan fingerprint density at radius 3 is 3.12 bits per heavy atom. The largest absolute Gasteiger partial charge is 0.355 e. The van der Waals surface area contributed by atoms with Gasteiger partial charge in [0.1, 0.15) is 5.82 Å². The van der Waals surface area contributed by atoms with E-state index < -0.39 is 0 Å². The summed E-state index contributed by atoms with van der Waals surface area (Å²) in [5.74, 6) is 1.85. The van der Waals surface area contributed by atoms with Crippen molar-refractivity contribution in [2.24, 2.45) is 11.3 Å². The highest BCUT2D eigenvalue weighted by Crippen LogP contribution is 2.62. The van der Waals surface area contributed by atoms with Gasteiger partial charge in [-0.3, -0.25) is 0 Å². The zero-order valence-corrected chi connectivity index (χ0v) is 9.39. The second kappa shape index (κ2) is 3.21. The first-order chi connectivity index (χ1) is 7.76. The van der Waals surface area contributed by atoms with E-state index in [0.717, 1.165) is 24.8 Å². The van der Waals surface area contributed by atoms with Crippen LogP contribution in [-0.2, 0) is 0 Å². The summed E-state index contributed by atoms with van der Waals surface area (Å²) in [6.45, 7) is 10.1. The van der Waals surface area contributed by atoms with Crippen molar-refractivity contribution in [1.29, 1.82) is 0 Å². The number of anilines is 1. The number of hydrogen-bond donors (Lipinski definition) is 0. The maximum Gasteiger partial charge on any atom is 0.128 e. The minimum Gasteiger partial charge on any atom is -0.355 e. The number of pyridine rings is 1. The molecule has 16 heavy (non-hydrogen) atoms. The minimum absolute atomic E-state index is 0.319. The van der Waals surface area contributed by atoms with E-state index >= 15 is 0 Å². The van der Waals surface area contributed by atoms with Crippen LogP contribution in [0, 0.1) is 11.3 Å². The Kier molecular flexibility index (Phi) is 1.93. The molecule has 2 heterocycles. The third-order valence-electron chi connectivity index (χ3n) is 4.00. The zero-order valence-electron chi connectivity index (χ0n) is 9.39. The van der Waals surface area contributed by atoms with Gasteiger partial charge < -0.3 is 4.90 Å². The van der Waals surface area contributed by atoms with Crippen molar-refractivity contribution in [3.63, 3.8) is 0 Å². The Bertz CT molecular complexity index is 437. The molecule has 2 fully saturated rings. The fourth-order valence-electron chi connectivity index (χ4n) is 2.90. The molecule has 2 nitrogen and oxygen atoms in total. The molecule has 3 rings (SSSR count). The van der Waals surface area contributed by atoms with E-state index in [9.17, 15) is 0 Å². The molecular formula is C14H16N2. The smallest absolute Gasteiger partial charge is 0.128 e. The summed E-state index contributed by atoms with van der Waals surface area (Å²) in [4.78, 5) is 6.77. The van der Waals surface area contributed by atoms with Gasteiger partial charge in [0.2, 0.25) is 0 Å². The maximum atomic E-state index is 4.40. The number of hydrogen-bond acceptors (Lipinski definition) is 2. The number of rotatable bonds is 3. The predicted octanol–water partition coefficient (Wildman–Crippen LogP) is 2.65. The van der Waals surface area contributed by atoms with Crippen LogP contribution in [0.15, 0.2) is 49.2 Å². The molecular weight excluding hydrogens is 196 g/mol. The molecule has 2 heteroatoms. The van der Waals surface area contributed by atoms with Gasteiger partial charge in [-0.2, -0.15) is 0 Å². The van der Waals surface area contributed by atoms with Crippen LogP contribution in [0.2, 0.25) is 0 Å². The molecule has 1 saturated carbocycles. The van der Waals surface area contributed by atoms with Gasteiger partial charge in [-0.1, -0.05) is 25.3 Å². The molecule has 1 aliphatic heterocycles. The summed E-state index contributed by atoms with van der Waals surface area (Å²) < 4.78 is 0. The normalized spacial score (nSPS) is 31.0. The molecule has 0 aromatic carbocycles. The Morgan fingerprint density at radius 2 is 2.44 bits per heavy atom. The Labute approximate surface area is 96.3 Å². The van der Waals surface area contributed by atoms with Crippen LogP contribution in [0.3, 0.4) is 0 Å². The van der Waals surface area contributed by atoms with Crippen molar-refractivity contribution in [1.82, 2.24) is 4.98 Å². The van der Waals surface area contributed by atoms with Crippen molar-refractivity contribution in [3.8, 4) is 0 Å². The van der Waals surface area contributed by atoms with Gasteiger partial charge in [0.05, 0.1) is 0 Å². The van der Waals surface area contributed by atoms with Crippen LogP contribution in [-0.4, -0.2) is 18.1 Å². The lowest BCUT2D eigenvalue weighted by Gasteiger charge is -2.22. The number of piperidine rings is 1. The van der Waals surface area contributed by atoms with E-state index in [1.807, 2.05) is 24.4 Å². The Balaban J connectivity index is 1.81. The molecule has 0 amide bonds. The highest BCUT2D eigenvalue weighted by atomic mass is 15.2. The third kappa shape index (κ3) is 1.22. The fourth-order valence-corrected chi connectivity index (χ4v) is 2.90. The summed E-state index contributed by atoms with van der Waals surface area (Å²) in [6.07, 6.45) is 5.05. The number of fused-ring (bicyclic) bond motifs is 1. The highest BCUT2D eigenvalue weighted by Gasteiger charge is 2.60. The van der Waals surface area contributed by atoms with Crippen molar-refractivity contribution >= 4 is 5.82 Å². The zero-order chi connectivity index (χ0) is 11.2. The van der Waals surface area contributed by atoms with Crippen molar-refractivity contribution in [2.75, 3.05) is 18.0 Å². The summed E-state index contributed by atoms with van der Waals surface area (Å²) in [7, 11) is 0. The quantitative estimate of drug-likeness (QED) is 0.716. The summed E-state index contributed by atoms with van der Waals surface area (Å²) in [6, 6.07) is 6.08. The second-order valence-electron chi connectivity index (χ2n) is 4.86. The molecule has 1 saturated heterocycles. The minimum atomic E-state index is 0.319. The standard InChI is InChI=1S/C14H16N2/c1-3-11(2)14-8-12(14)9-16(10-14)13-6-4-5-7-15-13/h3-7,12H,1-2,8-10H2. The van der Waals surface area contributed by atoms with Gasteiger partial charge in [0.15, 0.2) is 0 Å². The van der Waals surface area contributed by atoms with E-state index in [-0.39, 0.29) is 0 Å². The van der Waals surface area contributed by atoms with E-state index in [2.05, 4.69) is 29.1 Å². The van der Waals surface area contributed by atoms with Crippen LogP contribution < -0.4 is 4.90 Å². The first kappa shape index (κ1) is 9.64. The lowest BCUT2D eigenvalue weighted by molar-refractivity contribution is 0.648. The SMILES string of the molecule is C=CC(=C)C12CC1CN(c1ccccn1)C2. The number of nitrogens with zero attached hydrogens (tertiary/aromatic N) is 2. The molecule has 0 bridgehead atoms. The van der Waals surface area contributed by atoms with E-state index in [1.165, 1.54) is 12.0 Å². The molecule has 0 N–H and O–H groups in total. The molecule has 82 valence electrons. The molecule has 0 spiro atoms. The highest BCUT2D eigenvalue weighted by molar-refractivity contribution is 5.47. The van der Waals surface area contributed by atoms with Crippen LogP contribution in [0.5, 0.6) is 0 Å². The molecule has 2 unspecified atom stereocenters. The molecule has 1 aliphatic carbocycles. The molecule has 0 radical (unpaired) electrons. The molecule has 2 atom stereocenters. The Hall–Kier alpha value is -1.57. The third-order valence-corrected chi connectivity index (χ3v) is 4.00. The van der Waals surface area contributed by atoms with Crippen molar-refractivity contribution < 1.29 is 0 Å². The fraction of sp³-hybridized carbons (Fsp3) is 0.357. The average Bonchev–Trinajstić information content (AvgIpc) is 2.92. The number of aromatic nitrogens is 1. The molecule has 1 aromatic rings. The van der Waals surface area contributed by atoms with Crippen LogP contribution in [0.4, 0.5) is 5.82 Å². The van der Waals surface area contributed by atoms with Gasteiger partial charge in [-0.25, -0.2) is 4.98 Å². The van der Waals surface area contributed by atoms with Gasteiger partial charge in [0, 0.05) is 24.7 Å². The van der Waals surface area contributed by atoms with Crippen LogP contribution in [0.25, 0.3) is 0 Å². The summed E-state index contributed by atoms with van der Waals surface area (Å²) >= 11 is 0. The van der Waals surface area contributed by atoms with Crippen molar-refractivity contribution in [3.05, 3.63) is 49.2 Å². The summed E-state index contributed by atoms with van der Waals surface area (Å²) in [5.41, 5.74) is 1.52. The van der Waals surface area contributed by atoms with Gasteiger partial charge in [0.25, 0.3) is 0 Å². The maximum absolute atomic E-state index is 4.40. The number of allylic oxidation sites excluding steroid dienone is 1. The lowest BCUT2D eigenvalue weighted by Crippen LogP contribution is -2.25. The average molecular weight is 212 g/mol. The van der Waals surface area contributed by atoms with Crippen LogP contribution >= 0.6 is 0 Å². The topological polar surface area (TPSA) is 16.1 Å². The van der Waals surface area contributed by atoms with E-state index in [4.69, 9.17) is 0 Å². The van der Waals surface area contributed by atoms with E-state index in [1.54, 1.807) is 0 Å². The van der Waals surface area contributed by atoms with E-state index in [0.29, 0.717) is 5.41 Å². The van der Waals surface area contributed by atoms with Crippen molar-refractivity contribution in [2.45, 2.75) is 6.42 Å². The molecule has 2 aliphatic rings. The van der Waals surface area contributed by atoms with Crippen LogP contribution in [0.1, 0.15) is 6.42 Å². The predicted molar refractivity (Wildman–Crippen MR) is 66.3 cm³/mol. The monoisotopic (exact) mass is 212 g/mol. The van der Waals surface area contributed by atoms with Gasteiger partial charge >= 0.3 is 0 Å². The second-order valence-corrected chi connectivity index (χ2v) is 4.86. The van der Waals surface area contributed by atoms with Gasteiger partial charge in [-0.05, 0) is 30.0 Å². The summed E-state index contributed by atoms with van der Waals surface area (Å²) in [5, 5.41) is 0. The van der Waals surface area contributed by atoms with Gasteiger partial charge in [-0.15, -0.1) is 0 Å². The Morgan fingerprint density at radius 1 is 1.56 bits per heavy atom. The lowest BCUT2D eigenvalue weighted by atomic mass is 9.96. The first-order valence-corrected chi connectivity index (χ1v) is 5.74.